The Balaban J connectivity index is 1.83. The summed E-state index contributed by atoms with van der Waals surface area (Å²) >= 11 is 0. The molecule has 2 aromatic rings. The Hall–Kier alpha value is -2.80. The lowest BCUT2D eigenvalue weighted by Gasteiger charge is -2.20. The molecular formula is C22H26N2O2. The molecule has 0 saturated heterocycles. The number of amides is 1. The second-order valence-electron chi connectivity index (χ2n) is 7.20. The molecule has 4 heteroatoms. The van der Waals surface area contributed by atoms with Gasteiger partial charge in [-0.25, -0.2) is 0 Å². The fourth-order valence-electron chi connectivity index (χ4n) is 2.60. The van der Waals surface area contributed by atoms with Gasteiger partial charge in [-0.1, -0.05) is 51.1 Å². The largest absolute Gasteiger partial charge is 0.494 e. The van der Waals surface area contributed by atoms with Crippen LogP contribution in [0.15, 0.2) is 54.6 Å². The van der Waals surface area contributed by atoms with Gasteiger partial charge in [-0.05, 0) is 41.7 Å². The van der Waals surface area contributed by atoms with Gasteiger partial charge in [0.25, 0.3) is 0 Å². The van der Waals surface area contributed by atoms with Crippen LogP contribution in [0, 0.1) is 11.3 Å². The Morgan fingerprint density at radius 3 is 2.31 bits per heavy atom. The Morgan fingerprint density at radius 2 is 1.73 bits per heavy atom. The van der Waals surface area contributed by atoms with E-state index < -0.39 is 0 Å². The van der Waals surface area contributed by atoms with Gasteiger partial charge < -0.3 is 4.74 Å². The lowest BCUT2D eigenvalue weighted by atomic mass is 9.87. The number of ether oxygens (including phenoxy) is 1. The molecular weight excluding hydrogens is 324 g/mol. The molecule has 2 aromatic carbocycles. The van der Waals surface area contributed by atoms with Gasteiger partial charge in [-0.2, -0.15) is 5.26 Å². The molecule has 0 heterocycles. The maximum Gasteiger partial charge on any atom is 0.228 e. The molecule has 2 rings (SSSR count). The molecule has 0 aliphatic heterocycles. The Bertz CT molecular complexity index is 740. The zero-order valence-corrected chi connectivity index (χ0v) is 15.7. The standard InChI is InChI=1S/C22H26N2O2/c1-22(2,3)18-11-13-20(14-12-18)26-17-7-10-21(25)24(16-15-23)19-8-5-4-6-9-19/h4-6,8-9,11-14H,7,10,16-17H2,1-3H3. The normalized spacial score (nSPS) is 10.8. The number of rotatable bonds is 7. The van der Waals surface area contributed by atoms with Crippen LogP contribution in [-0.2, 0) is 10.2 Å². The summed E-state index contributed by atoms with van der Waals surface area (Å²) in [5.41, 5.74) is 2.12. The average Bonchev–Trinajstić information content (AvgIpc) is 2.63. The van der Waals surface area contributed by atoms with Crippen LogP contribution < -0.4 is 9.64 Å². The van der Waals surface area contributed by atoms with Crippen molar-refractivity contribution >= 4 is 11.6 Å². The lowest BCUT2D eigenvalue weighted by Crippen LogP contribution is -2.31. The maximum atomic E-state index is 12.4. The first-order chi connectivity index (χ1) is 12.4. The molecule has 0 aromatic heterocycles. The summed E-state index contributed by atoms with van der Waals surface area (Å²) in [5, 5.41) is 8.98. The summed E-state index contributed by atoms with van der Waals surface area (Å²) in [4.78, 5) is 13.9. The van der Waals surface area contributed by atoms with Crippen molar-refractivity contribution in [2.24, 2.45) is 0 Å². The van der Waals surface area contributed by atoms with Crippen LogP contribution in [0.3, 0.4) is 0 Å². The summed E-state index contributed by atoms with van der Waals surface area (Å²) in [5.74, 6) is 0.742. The maximum absolute atomic E-state index is 12.4. The van der Waals surface area contributed by atoms with Crippen molar-refractivity contribution in [2.45, 2.75) is 39.0 Å². The molecule has 26 heavy (non-hydrogen) atoms. The van der Waals surface area contributed by atoms with E-state index in [-0.39, 0.29) is 17.9 Å². The average molecular weight is 350 g/mol. The first-order valence-corrected chi connectivity index (χ1v) is 8.87. The third-order valence-corrected chi connectivity index (χ3v) is 4.12. The van der Waals surface area contributed by atoms with Crippen LogP contribution >= 0.6 is 0 Å². The number of benzene rings is 2. The summed E-state index contributed by atoms with van der Waals surface area (Å²) in [6.07, 6.45) is 0.950. The summed E-state index contributed by atoms with van der Waals surface area (Å²) in [7, 11) is 0. The van der Waals surface area contributed by atoms with Crippen LogP contribution in [0.4, 0.5) is 5.69 Å². The predicted octanol–water partition coefficient (Wildman–Crippen LogP) is 4.70. The van der Waals surface area contributed by atoms with Crippen molar-refractivity contribution in [1.82, 2.24) is 0 Å². The Morgan fingerprint density at radius 1 is 1.08 bits per heavy atom. The van der Waals surface area contributed by atoms with Gasteiger partial charge in [0.2, 0.25) is 5.91 Å². The van der Waals surface area contributed by atoms with Crippen LogP contribution in [0.1, 0.15) is 39.2 Å². The van der Waals surface area contributed by atoms with Gasteiger partial charge in [0.05, 0.1) is 12.7 Å². The monoisotopic (exact) mass is 350 g/mol. The van der Waals surface area contributed by atoms with E-state index in [1.807, 2.05) is 42.5 Å². The van der Waals surface area contributed by atoms with E-state index in [4.69, 9.17) is 10.00 Å². The van der Waals surface area contributed by atoms with Gasteiger partial charge in [0.15, 0.2) is 0 Å². The third-order valence-electron chi connectivity index (χ3n) is 4.12. The minimum absolute atomic E-state index is 0.0535. The van der Waals surface area contributed by atoms with Crippen LogP contribution in [0.25, 0.3) is 0 Å². The van der Waals surface area contributed by atoms with Gasteiger partial charge in [-0.15, -0.1) is 0 Å². The highest BCUT2D eigenvalue weighted by atomic mass is 16.5. The van der Waals surface area contributed by atoms with E-state index in [1.54, 1.807) is 0 Å². The van der Waals surface area contributed by atoms with Crippen molar-refractivity contribution in [3.63, 3.8) is 0 Å². The molecule has 136 valence electrons. The van der Waals surface area contributed by atoms with E-state index in [0.717, 1.165) is 11.4 Å². The van der Waals surface area contributed by atoms with Gasteiger partial charge >= 0.3 is 0 Å². The zero-order valence-electron chi connectivity index (χ0n) is 15.7. The minimum Gasteiger partial charge on any atom is -0.494 e. The number of nitrogens with zero attached hydrogens (tertiary/aromatic N) is 2. The first-order valence-electron chi connectivity index (χ1n) is 8.87. The molecule has 1 amide bonds. The lowest BCUT2D eigenvalue weighted by molar-refractivity contribution is -0.118. The van der Waals surface area contributed by atoms with Crippen molar-refractivity contribution < 1.29 is 9.53 Å². The molecule has 0 bridgehead atoms. The molecule has 0 radical (unpaired) electrons. The molecule has 0 unspecified atom stereocenters. The second-order valence-corrected chi connectivity index (χ2v) is 7.20. The van der Waals surface area contributed by atoms with Gasteiger partial charge in [0, 0.05) is 12.1 Å². The summed E-state index contributed by atoms with van der Waals surface area (Å²) in [6, 6.07) is 19.4. The Labute approximate surface area is 156 Å². The molecule has 0 aliphatic carbocycles. The highest BCUT2D eigenvalue weighted by Crippen LogP contribution is 2.24. The van der Waals surface area contributed by atoms with Crippen molar-refractivity contribution in [1.29, 1.82) is 5.26 Å². The minimum atomic E-state index is -0.0653. The van der Waals surface area contributed by atoms with Crippen LogP contribution in [0.2, 0.25) is 0 Å². The number of carbonyl (C=O) groups is 1. The SMILES string of the molecule is CC(C)(C)c1ccc(OCCCC(=O)N(CC#N)c2ccccc2)cc1. The van der Waals surface area contributed by atoms with E-state index in [0.29, 0.717) is 19.4 Å². The number of para-hydroxylation sites is 1. The molecule has 0 spiro atoms. The zero-order chi connectivity index (χ0) is 19.0. The number of hydrogen-bond acceptors (Lipinski definition) is 3. The van der Waals surface area contributed by atoms with E-state index >= 15 is 0 Å². The van der Waals surface area contributed by atoms with Crippen LogP contribution in [-0.4, -0.2) is 19.1 Å². The molecule has 0 saturated carbocycles. The molecule has 4 nitrogen and oxygen atoms in total. The second kappa shape index (κ2) is 9.05. The number of nitriles is 1. The summed E-state index contributed by atoms with van der Waals surface area (Å²) < 4.78 is 5.73. The molecule has 0 fully saturated rings. The molecule has 0 aliphatic rings. The van der Waals surface area contributed by atoms with E-state index in [2.05, 4.69) is 39.0 Å². The van der Waals surface area contributed by atoms with Crippen molar-refractivity contribution in [3.8, 4) is 11.8 Å². The highest BCUT2D eigenvalue weighted by molar-refractivity contribution is 5.93. The van der Waals surface area contributed by atoms with Gasteiger partial charge in [-0.3, -0.25) is 9.69 Å². The predicted molar refractivity (Wildman–Crippen MR) is 104 cm³/mol. The quantitative estimate of drug-likeness (QED) is 0.537. The topological polar surface area (TPSA) is 53.3 Å². The van der Waals surface area contributed by atoms with Gasteiger partial charge in [0.1, 0.15) is 12.3 Å². The number of hydrogen-bond donors (Lipinski definition) is 0. The highest BCUT2D eigenvalue weighted by Gasteiger charge is 2.15. The molecule has 0 N–H and O–H groups in total. The fraction of sp³-hybridized carbons (Fsp3) is 0.364. The first kappa shape index (κ1) is 19.5. The Kier molecular flexibility index (Phi) is 6.80. The van der Waals surface area contributed by atoms with Crippen LogP contribution in [0.5, 0.6) is 5.75 Å². The fourth-order valence-corrected chi connectivity index (χ4v) is 2.60. The third kappa shape index (κ3) is 5.63. The number of carbonyl (C=O) groups excluding carboxylic acids is 1. The van der Waals surface area contributed by atoms with Crippen molar-refractivity contribution in [2.75, 3.05) is 18.1 Å². The number of anilines is 1. The molecule has 0 atom stereocenters. The van der Waals surface area contributed by atoms with E-state index in [1.165, 1.54) is 10.5 Å². The summed E-state index contributed by atoms with van der Waals surface area (Å²) in [6.45, 7) is 7.05. The van der Waals surface area contributed by atoms with Crippen molar-refractivity contribution in [3.05, 3.63) is 60.2 Å². The van der Waals surface area contributed by atoms with E-state index in [9.17, 15) is 4.79 Å². The smallest absolute Gasteiger partial charge is 0.228 e.